The lowest BCUT2D eigenvalue weighted by Gasteiger charge is -2.05. The molecule has 0 fully saturated rings. The van der Waals surface area contributed by atoms with Crippen molar-refractivity contribution >= 4 is 22.6 Å². The van der Waals surface area contributed by atoms with Gasteiger partial charge in [0.25, 0.3) is 5.91 Å². The number of rotatable bonds is 3. The topological polar surface area (TPSA) is 85.8 Å². The third-order valence-corrected chi connectivity index (χ3v) is 3.84. The molecule has 1 N–H and O–H groups in total. The van der Waals surface area contributed by atoms with Gasteiger partial charge in [0.05, 0.1) is 5.69 Å². The Kier molecular flexibility index (Phi) is 3.50. The van der Waals surface area contributed by atoms with Crippen LogP contribution in [0.25, 0.3) is 16.7 Å². The van der Waals surface area contributed by atoms with Crippen LogP contribution in [-0.4, -0.2) is 26.1 Å². The summed E-state index contributed by atoms with van der Waals surface area (Å²) < 4.78 is 20.4. The third kappa shape index (κ3) is 2.74. The predicted octanol–water partition coefficient (Wildman–Crippen LogP) is 3.11. The molecule has 0 atom stereocenters. The summed E-state index contributed by atoms with van der Waals surface area (Å²) >= 11 is 0. The highest BCUT2D eigenvalue weighted by Crippen LogP contribution is 2.26. The predicted molar refractivity (Wildman–Crippen MR) is 88.0 cm³/mol. The zero-order chi connectivity index (χ0) is 17.4. The highest BCUT2D eigenvalue weighted by atomic mass is 19.1. The first-order chi connectivity index (χ1) is 12.1. The number of furan rings is 1. The fourth-order valence-electron chi connectivity index (χ4n) is 2.57. The van der Waals surface area contributed by atoms with Crippen LogP contribution in [0.3, 0.4) is 0 Å². The molecule has 4 aromatic rings. The number of anilines is 1. The van der Waals surface area contributed by atoms with Gasteiger partial charge in [0.2, 0.25) is 0 Å². The number of hydrogen-bond donors (Lipinski definition) is 1. The maximum absolute atomic E-state index is 13.4. The number of hydrogen-bond acceptors (Lipinski definition) is 5. The number of fused-ring (bicyclic) bond motifs is 1. The second-order valence-electron chi connectivity index (χ2n) is 5.45. The van der Waals surface area contributed by atoms with Crippen molar-refractivity contribution in [3.8, 4) is 5.69 Å². The number of carbonyl (C=O) groups excluding carboxylic acids is 1. The largest absolute Gasteiger partial charge is 0.451 e. The third-order valence-electron chi connectivity index (χ3n) is 3.84. The minimum Gasteiger partial charge on any atom is -0.451 e. The quantitative estimate of drug-likeness (QED) is 0.621. The first-order valence-electron chi connectivity index (χ1n) is 7.45. The highest BCUT2D eigenvalue weighted by molar-refractivity contribution is 6.06. The molecule has 0 aliphatic carbocycles. The first kappa shape index (κ1) is 15.0. The van der Waals surface area contributed by atoms with E-state index in [2.05, 4.69) is 20.8 Å². The Morgan fingerprint density at radius 3 is 2.72 bits per heavy atom. The van der Waals surface area contributed by atoms with E-state index in [-0.39, 0.29) is 11.6 Å². The molecule has 0 saturated heterocycles. The van der Waals surface area contributed by atoms with Crippen molar-refractivity contribution in [1.82, 2.24) is 20.2 Å². The average molecular weight is 337 g/mol. The van der Waals surface area contributed by atoms with E-state index in [4.69, 9.17) is 4.42 Å². The van der Waals surface area contributed by atoms with Gasteiger partial charge >= 0.3 is 0 Å². The van der Waals surface area contributed by atoms with Crippen LogP contribution >= 0.6 is 0 Å². The van der Waals surface area contributed by atoms with Crippen LogP contribution in [0.1, 0.15) is 16.1 Å². The molecule has 2 heterocycles. The molecule has 25 heavy (non-hydrogen) atoms. The zero-order valence-corrected chi connectivity index (χ0v) is 13.1. The lowest BCUT2D eigenvalue weighted by atomic mass is 10.1. The van der Waals surface area contributed by atoms with Crippen molar-refractivity contribution in [2.75, 3.05) is 5.32 Å². The van der Waals surface area contributed by atoms with Crippen molar-refractivity contribution in [1.29, 1.82) is 0 Å². The van der Waals surface area contributed by atoms with Gasteiger partial charge in [-0.1, -0.05) is 0 Å². The molecule has 0 bridgehead atoms. The molecule has 0 saturated carbocycles. The Labute approximate surface area is 141 Å². The summed E-state index contributed by atoms with van der Waals surface area (Å²) in [5.74, 6) is -0.615. The van der Waals surface area contributed by atoms with Crippen LogP contribution < -0.4 is 5.32 Å². The second kappa shape index (κ2) is 5.82. The van der Waals surface area contributed by atoms with Gasteiger partial charge in [-0.3, -0.25) is 4.79 Å². The summed E-state index contributed by atoms with van der Waals surface area (Å²) in [6.45, 7) is 1.72. The maximum Gasteiger partial charge on any atom is 0.291 e. The van der Waals surface area contributed by atoms with E-state index >= 15 is 0 Å². The van der Waals surface area contributed by atoms with Gasteiger partial charge in [0.1, 0.15) is 17.7 Å². The van der Waals surface area contributed by atoms with Crippen LogP contribution in [0, 0.1) is 12.7 Å². The number of carbonyl (C=O) groups is 1. The number of benzene rings is 2. The van der Waals surface area contributed by atoms with Crippen LogP contribution in [0.4, 0.5) is 10.1 Å². The highest BCUT2D eigenvalue weighted by Gasteiger charge is 2.18. The van der Waals surface area contributed by atoms with Crippen molar-refractivity contribution < 1.29 is 13.6 Å². The maximum atomic E-state index is 13.4. The molecule has 4 rings (SSSR count). The molecule has 1 amide bonds. The number of tetrazole rings is 1. The van der Waals surface area contributed by atoms with Crippen molar-refractivity contribution in [2.24, 2.45) is 0 Å². The number of nitrogens with zero attached hydrogens (tertiary/aromatic N) is 4. The second-order valence-corrected chi connectivity index (χ2v) is 5.45. The Morgan fingerprint density at radius 2 is 2.00 bits per heavy atom. The monoisotopic (exact) mass is 337 g/mol. The van der Waals surface area contributed by atoms with Gasteiger partial charge in [0.15, 0.2) is 5.76 Å². The van der Waals surface area contributed by atoms with Gasteiger partial charge in [-0.15, -0.1) is 5.10 Å². The van der Waals surface area contributed by atoms with Crippen LogP contribution in [0.2, 0.25) is 0 Å². The van der Waals surface area contributed by atoms with E-state index < -0.39 is 5.91 Å². The van der Waals surface area contributed by atoms with Gasteiger partial charge in [0, 0.05) is 16.6 Å². The Balaban J connectivity index is 1.59. The fraction of sp³-hybridized carbons (Fsp3) is 0.0588. The van der Waals surface area contributed by atoms with Gasteiger partial charge in [-0.25, -0.2) is 9.07 Å². The molecule has 0 radical (unpaired) electrons. The molecular formula is C17H12FN5O2. The number of aryl methyl sites for hydroxylation is 1. The lowest BCUT2D eigenvalue weighted by molar-refractivity contribution is 0.0998. The Hall–Kier alpha value is -3.55. The number of amides is 1. The molecule has 8 heteroatoms. The van der Waals surface area contributed by atoms with Crippen molar-refractivity contribution in [2.45, 2.75) is 6.92 Å². The summed E-state index contributed by atoms with van der Waals surface area (Å²) in [7, 11) is 0. The van der Waals surface area contributed by atoms with Gasteiger partial charge in [-0.2, -0.15) is 0 Å². The number of nitrogens with one attached hydrogen (secondary N) is 1. The smallest absolute Gasteiger partial charge is 0.291 e. The zero-order valence-electron chi connectivity index (χ0n) is 13.1. The number of halogens is 1. The molecule has 0 unspecified atom stereocenters. The van der Waals surface area contributed by atoms with E-state index in [1.165, 1.54) is 29.2 Å². The molecule has 7 nitrogen and oxygen atoms in total. The van der Waals surface area contributed by atoms with Crippen LogP contribution in [0.15, 0.2) is 53.2 Å². The molecule has 0 aliphatic heterocycles. The van der Waals surface area contributed by atoms with Crippen molar-refractivity contribution in [3.05, 3.63) is 65.9 Å². The summed E-state index contributed by atoms with van der Waals surface area (Å²) in [5.41, 5.74) is 2.42. The van der Waals surface area contributed by atoms with E-state index in [1.807, 2.05) is 0 Å². The van der Waals surface area contributed by atoms with Crippen LogP contribution in [-0.2, 0) is 0 Å². The van der Waals surface area contributed by atoms with Gasteiger partial charge in [-0.05, 0) is 59.8 Å². The van der Waals surface area contributed by atoms with E-state index in [0.717, 1.165) is 5.69 Å². The molecule has 124 valence electrons. The normalized spacial score (nSPS) is 11.0. The van der Waals surface area contributed by atoms with Crippen molar-refractivity contribution in [3.63, 3.8) is 0 Å². The molecule has 2 aromatic carbocycles. The molecule has 0 spiro atoms. The molecule has 0 aliphatic rings. The summed E-state index contributed by atoms with van der Waals surface area (Å²) in [4.78, 5) is 12.5. The minimum absolute atomic E-state index is 0.158. The first-order valence-corrected chi connectivity index (χ1v) is 7.45. The Morgan fingerprint density at radius 1 is 1.20 bits per heavy atom. The Bertz CT molecular complexity index is 1050. The van der Waals surface area contributed by atoms with E-state index in [1.54, 1.807) is 31.2 Å². The van der Waals surface area contributed by atoms with Crippen LogP contribution in [0.5, 0.6) is 0 Å². The SMILES string of the molecule is Cc1c(C(=O)Nc2ccc(-n3cnnn3)cc2)oc2ccc(F)cc12. The summed E-state index contributed by atoms with van der Waals surface area (Å²) in [6, 6.07) is 11.2. The van der Waals surface area contributed by atoms with Gasteiger partial charge < -0.3 is 9.73 Å². The standard InChI is InChI=1S/C17H12FN5O2/c1-10-14-8-11(18)2-7-15(14)25-16(10)17(24)20-12-3-5-13(6-4-12)23-9-19-21-22-23/h2-9H,1H3,(H,20,24). The minimum atomic E-state index is -0.399. The summed E-state index contributed by atoms with van der Waals surface area (Å²) in [5, 5.41) is 14.3. The van der Waals surface area contributed by atoms with E-state index in [0.29, 0.717) is 22.2 Å². The lowest BCUT2D eigenvalue weighted by Crippen LogP contribution is -2.12. The molecule has 2 aromatic heterocycles. The summed E-state index contributed by atoms with van der Waals surface area (Å²) in [6.07, 6.45) is 1.48. The van der Waals surface area contributed by atoms with E-state index in [9.17, 15) is 9.18 Å². The number of aromatic nitrogens is 4. The fourth-order valence-corrected chi connectivity index (χ4v) is 2.57. The molecular weight excluding hydrogens is 325 g/mol. The average Bonchev–Trinajstić information content (AvgIpc) is 3.25.